The Hall–Kier alpha value is -3.84. The van der Waals surface area contributed by atoms with Crippen LogP contribution in [0.2, 0.25) is 0 Å². The summed E-state index contributed by atoms with van der Waals surface area (Å²) in [6.07, 6.45) is 0. The van der Waals surface area contributed by atoms with Crippen molar-refractivity contribution in [1.82, 2.24) is 0 Å². The van der Waals surface area contributed by atoms with E-state index >= 15 is 0 Å². The summed E-state index contributed by atoms with van der Waals surface area (Å²) in [6.45, 7) is 6.44. The van der Waals surface area contributed by atoms with Gasteiger partial charge in [0, 0.05) is 24.2 Å². The van der Waals surface area contributed by atoms with Gasteiger partial charge in [0.2, 0.25) is 0 Å². The molecule has 0 heterocycles. The molecule has 0 aromatic heterocycles. The van der Waals surface area contributed by atoms with Crippen molar-refractivity contribution in [3.05, 3.63) is 150 Å². The minimum atomic E-state index is -0.439. The number of benzene rings is 5. The second-order valence-corrected chi connectivity index (χ2v) is 8.70. The molecule has 5 aromatic carbocycles. The van der Waals surface area contributed by atoms with Crippen LogP contribution in [0.25, 0.3) is 10.8 Å². The Bertz CT molecular complexity index is 1260. The number of fused-ring (bicyclic) bond motifs is 1. The van der Waals surface area contributed by atoms with E-state index in [1.165, 1.54) is 38.7 Å². The minimum absolute atomic E-state index is 0.439. The molecular formula is C33H31N. The third-order valence-electron chi connectivity index (χ3n) is 7.03. The molecule has 1 nitrogen and oxygen atoms in total. The van der Waals surface area contributed by atoms with Crippen molar-refractivity contribution in [2.24, 2.45) is 0 Å². The van der Waals surface area contributed by atoms with Gasteiger partial charge in [0.05, 0.1) is 5.41 Å². The molecule has 168 valence electrons. The molecule has 0 atom stereocenters. The molecular weight excluding hydrogens is 410 g/mol. The van der Waals surface area contributed by atoms with E-state index in [1.807, 2.05) is 0 Å². The number of nitrogens with zero attached hydrogens (tertiary/aromatic N) is 1. The number of rotatable bonds is 7. The van der Waals surface area contributed by atoms with Crippen molar-refractivity contribution < 1.29 is 0 Å². The molecule has 5 aromatic rings. The Morgan fingerprint density at radius 2 is 0.882 bits per heavy atom. The van der Waals surface area contributed by atoms with Crippen LogP contribution in [0.15, 0.2) is 127 Å². The monoisotopic (exact) mass is 441 g/mol. The first-order chi connectivity index (χ1) is 16.8. The van der Waals surface area contributed by atoms with Gasteiger partial charge in [-0.2, -0.15) is 0 Å². The number of anilines is 1. The summed E-state index contributed by atoms with van der Waals surface area (Å²) in [5.41, 5.74) is 5.98. The normalized spacial score (nSPS) is 11.5. The molecule has 0 aliphatic heterocycles. The van der Waals surface area contributed by atoms with Crippen LogP contribution in [0.5, 0.6) is 0 Å². The summed E-state index contributed by atoms with van der Waals surface area (Å²) < 4.78 is 0. The zero-order chi connectivity index (χ0) is 23.4. The van der Waals surface area contributed by atoms with Crippen molar-refractivity contribution in [3.63, 3.8) is 0 Å². The smallest absolute Gasteiger partial charge is 0.0707 e. The standard InChI is InChI=1S/C33H31N/c1-3-34(4-2)32-25-24-31(29-22-14-15-23-30(29)32)33(26-16-8-5-9-17-26,27-18-10-6-11-19-27)28-20-12-7-13-21-28/h5-25H,3-4H2,1-2H3. The molecule has 0 spiro atoms. The molecule has 34 heavy (non-hydrogen) atoms. The van der Waals surface area contributed by atoms with Gasteiger partial charge in [-0.25, -0.2) is 0 Å². The van der Waals surface area contributed by atoms with Gasteiger partial charge in [0.15, 0.2) is 0 Å². The van der Waals surface area contributed by atoms with Crippen molar-refractivity contribution in [2.45, 2.75) is 19.3 Å². The van der Waals surface area contributed by atoms with Crippen LogP contribution >= 0.6 is 0 Å². The van der Waals surface area contributed by atoms with Gasteiger partial charge < -0.3 is 4.90 Å². The molecule has 0 aliphatic rings. The fraction of sp³-hybridized carbons (Fsp3) is 0.152. The summed E-state index contributed by atoms with van der Waals surface area (Å²) in [4.78, 5) is 2.45. The lowest BCUT2D eigenvalue weighted by atomic mass is 9.64. The average Bonchev–Trinajstić information content (AvgIpc) is 2.92. The van der Waals surface area contributed by atoms with Crippen molar-refractivity contribution in [2.75, 3.05) is 18.0 Å². The second-order valence-electron chi connectivity index (χ2n) is 8.70. The van der Waals surface area contributed by atoms with Gasteiger partial charge in [-0.15, -0.1) is 0 Å². The van der Waals surface area contributed by atoms with Crippen LogP contribution in [0.4, 0.5) is 5.69 Å². The Morgan fingerprint density at radius 1 is 0.471 bits per heavy atom. The highest BCUT2D eigenvalue weighted by molar-refractivity contribution is 5.98. The molecule has 0 N–H and O–H groups in total. The van der Waals surface area contributed by atoms with Crippen LogP contribution in [0.3, 0.4) is 0 Å². The summed E-state index contributed by atoms with van der Waals surface area (Å²) >= 11 is 0. The molecule has 1 heteroatoms. The molecule has 0 aliphatic carbocycles. The fourth-order valence-corrected chi connectivity index (χ4v) is 5.48. The van der Waals surface area contributed by atoms with E-state index in [0.29, 0.717) is 0 Å². The maximum atomic E-state index is 2.45. The molecule has 0 bridgehead atoms. The van der Waals surface area contributed by atoms with E-state index < -0.39 is 5.41 Å². The average molecular weight is 442 g/mol. The van der Waals surface area contributed by atoms with Crippen molar-refractivity contribution in [1.29, 1.82) is 0 Å². The minimum Gasteiger partial charge on any atom is -0.372 e. The summed E-state index contributed by atoms with van der Waals surface area (Å²) in [5, 5.41) is 2.60. The predicted molar refractivity (Wildman–Crippen MR) is 146 cm³/mol. The maximum Gasteiger partial charge on any atom is 0.0707 e. The van der Waals surface area contributed by atoms with E-state index in [9.17, 15) is 0 Å². The van der Waals surface area contributed by atoms with E-state index in [4.69, 9.17) is 0 Å². The van der Waals surface area contributed by atoms with E-state index in [-0.39, 0.29) is 0 Å². The zero-order valence-electron chi connectivity index (χ0n) is 20.0. The van der Waals surface area contributed by atoms with Gasteiger partial charge in [0.1, 0.15) is 0 Å². The summed E-state index contributed by atoms with van der Waals surface area (Å²) in [5.74, 6) is 0. The zero-order valence-corrected chi connectivity index (χ0v) is 20.0. The predicted octanol–water partition coefficient (Wildman–Crippen LogP) is 8.07. The molecule has 0 unspecified atom stereocenters. The highest BCUT2D eigenvalue weighted by Gasteiger charge is 2.39. The first kappa shape index (κ1) is 22.0. The van der Waals surface area contributed by atoms with E-state index in [2.05, 4.69) is 146 Å². The van der Waals surface area contributed by atoms with E-state index in [0.717, 1.165) is 13.1 Å². The highest BCUT2D eigenvalue weighted by Crippen LogP contribution is 2.48. The van der Waals surface area contributed by atoms with Crippen LogP contribution in [0, 0.1) is 0 Å². The largest absolute Gasteiger partial charge is 0.372 e. The Balaban J connectivity index is 1.94. The SMILES string of the molecule is CCN(CC)c1ccc(C(c2ccccc2)(c2ccccc2)c2ccccc2)c2ccccc12. The van der Waals surface area contributed by atoms with Crippen LogP contribution < -0.4 is 4.90 Å². The van der Waals surface area contributed by atoms with Crippen molar-refractivity contribution >= 4 is 16.5 Å². The molecule has 0 amide bonds. The summed E-state index contributed by atoms with van der Waals surface area (Å²) in [6, 6.07) is 46.5. The highest BCUT2D eigenvalue weighted by atomic mass is 15.1. The van der Waals surface area contributed by atoms with Gasteiger partial charge in [-0.05, 0) is 47.6 Å². The topological polar surface area (TPSA) is 3.24 Å². The summed E-state index contributed by atoms with van der Waals surface area (Å²) in [7, 11) is 0. The third kappa shape index (κ3) is 3.58. The van der Waals surface area contributed by atoms with Crippen LogP contribution in [-0.2, 0) is 5.41 Å². The number of hydrogen-bond donors (Lipinski definition) is 0. The van der Waals surface area contributed by atoms with Gasteiger partial charge >= 0.3 is 0 Å². The first-order valence-electron chi connectivity index (χ1n) is 12.2. The van der Waals surface area contributed by atoms with Crippen molar-refractivity contribution in [3.8, 4) is 0 Å². The molecule has 0 radical (unpaired) electrons. The molecule has 0 saturated heterocycles. The van der Waals surface area contributed by atoms with Gasteiger partial charge in [0.25, 0.3) is 0 Å². The molecule has 0 saturated carbocycles. The second kappa shape index (κ2) is 9.57. The Kier molecular flexibility index (Phi) is 6.18. The maximum absolute atomic E-state index is 2.45. The Labute approximate surface area is 203 Å². The number of hydrogen-bond acceptors (Lipinski definition) is 1. The lowest BCUT2D eigenvalue weighted by Crippen LogP contribution is -2.31. The quantitative estimate of drug-likeness (QED) is 0.231. The lowest BCUT2D eigenvalue weighted by Gasteiger charge is -2.38. The lowest BCUT2D eigenvalue weighted by molar-refractivity contribution is 0.752. The first-order valence-corrected chi connectivity index (χ1v) is 12.2. The Morgan fingerprint density at radius 3 is 1.32 bits per heavy atom. The van der Waals surface area contributed by atoms with Gasteiger partial charge in [-0.1, -0.05) is 121 Å². The van der Waals surface area contributed by atoms with Crippen LogP contribution in [-0.4, -0.2) is 13.1 Å². The third-order valence-corrected chi connectivity index (χ3v) is 7.03. The van der Waals surface area contributed by atoms with E-state index in [1.54, 1.807) is 0 Å². The fourth-order valence-electron chi connectivity index (χ4n) is 5.48. The molecule has 5 rings (SSSR count). The van der Waals surface area contributed by atoms with Gasteiger partial charge in [-0.3, -0.25) is 0 Å². The van der Waals surface area contributed by atoms with Crippen LogP contribution in [0.1, 0.15) is 36.1 Å². The molecule has 0 fully saturated rings.